The van der Waals surface area contributed by atoms with Crippen LogP contribution in [0.5, 0.6) is 0 Å². The van der Waals surface area contributed by atoms with Crippen molar-refractivity contribution in [3.05, 3.63) is 27.2 Å². The molecule has 0 aromatic heterocycles. The van der Waals surface area contributed by atoms with E-state index in [0.29, 0.717) is 17.1 Å². The smallest absolute Gasteiger partial charge is 0.250 e. The summed E-state index contributed by atoms with van der Waals surface area (Å²) in [6.45, 7) is 3.60. The van der Waals surface area contributed by atoms with Crippen LogP contribution in [0.4, 0.5) is 5.69 Å². The Morgan fingerprint density at radius 1 is 1.14 bits per heavy atom. The number of piperazine rings is 1. The maximum Gasteiger partial charge on any atom is 0.250 e. The molecule has 1 heterocycles. The lowest BCUT2D eigenvalue weighted by Gasteiger charge is -2.37. The van der Waals surface area contributed by atoms with Crippen molar-refractivity contribution < 1.29 is 9.59 Å². The third-order valence-electron chi connectivity index (χ3n) is 3.45. The number of benzene rings is 1. The molecule has 0 radical (unpaired) electrons. The Morgan fingerprint density at radius 2 is 1.76 bits per heavy atom. The third kappa shape index (κ3) is 3.12. The predicted molar refractivity (Wildman–Crippen MR) is 85.3 cm³/mol. The normalized spacial score (nSPS) is 22.4. The van der Waals surface area contributed by atoms with Gasteiger partial charge >= 0.3 is 0 Å². The van der Waals surface area contributed by atoms with Gasteiger partial charge in [0.15, 0.2) is 0 Å². The van der Waals surface area contributed by atoms with Gasteiger partial charge in [0.05, 0.1) is 20.8 Å². The largest absolute Gasteiger partial charge is 0.342 e. The first-order valence-corrected chi connectivity index (χ1v) is 7.78. The standard InChI is InChI=1S/C14H15Cl3N2O2/c1-3-4-11-14(21)19(7(2)13(20)18-11)12-6-9(16)8(15)5-10(12)17/h5-7,11H,3-4H2,1-2H3,(H,18,20). The number of carbonyl (C=O) groups excluding carboxylic acids is 2. The molecule has 1 saturated heterocycles. The van der Waals surface area contributed by atoms with Crippen molar-refractivity contribution in [2.45, 2.75) is 38.8 Å². The summed E-state index contributed by atoms with van der Waals surface area (Å²) in [6.07, 6.45) is 1.36. The summed E-state index contributed by atoms with van der Waals surface area (Å²) in [5, 5.41) is 3.61. The minimum absolute atomic E-state index is 0.191. The number of hydrogen-bond acceptors (Lipinski definition) is 2. The molecule has 4 nitrogen and oxygen atoms in total. The van der Waals surface area contributed by atoms with Crippen molar-refractivity contribution in [3.8, 4) is 0 Å². The van der Waals surface area contributed by atoms with E-state index in [4.69, 9.17) is 34.8 Å². The number of nitrogens with zero attached hydrogens (tertiary/aromatic N) is 1. The summed E-state index contributed by atoms with van der Waals surface area (Å²) in [7, 11) is 0. The number of hydrogen-bond donors (Lipinski definition) is 1. The van der Waals surface area contributed by atoms with Crippen LogP contribution in [0.15, 0.2) is 12.1 Å². The molecular weight excluding hydrogens is 335 g/mol. The Bertz CT molecular complexity index is 592. The van der Waals surface area contributed by atoms with Crippen LogP contribution in [0, 0.1) is 0 Å². The Balaban J connectivity index is 2.46. The zero-order valence-corrected chi connectivity index (χ0v) is 13.9. The van der Waals surface area contributed by atoms with E-state index in [9.17, 15) is 9.59 Å². The quantitative estimate of drug-likeness (QED) is 0.847. The topological polar surface area (TPSA) is 49.4 Å². The first-order valence-electron chi connectivity index (χ1n) is 6.64. The van der Waals surface area contributed by atoms with Gasteiger partial charge in [-0.25, -0.2) is 0 Å². The number of amides is 2. The second-order valence-corrected chi connectivity index (χ2v) is 6.17. The Labute approximate surface area is 138 Å². The second-order valence-electron chi connectivity index (χ2n) is 4.95. The molecule has 1 aliphatic rings. The van der Waals surface area contributed by atoms with Gasteiger partial charge in [-0.1, -0.05) is 48.1 Å². The summed E-state index contributed by atoms with van der Waals surface area (Å²) in [4.78, 5) is 26.1. The molecule has 2 atom stereocenters. The first-order chi connectivity index (χ1) is 9.86. The summed E-state index contributed by atoms with van der Waals surface area (Å²) >= 11 is 18.1. The summed E-state index contributed by atoms with van der Waals surface area (Å²) in [6, 6.07) is 1.80. The molecule has 1 aromatic carbocycles. The molecule has 1 aromatic rings. The Kier molecular flexibility index (Phi) is 5.02. The van der Waals surface area contributed by atoms with Crippen LogP contribution < -0.4 is 10.2 Å². The van der Waals surface area contributed by atoms with Gasteiger partial charge in [0.25, 0.3) is 0 Å². The van der Waals surface area contributed by atoms with E-state index in [2.05, 4.69) is 5.32 Å². The number of nitrogens with one attached hydrogen (secondary N) is 1. The zero-order chi connectivity index (χ0) is 15.7. The number of anilines is 1. The van der Waals surface area contributed by atoms with Crippen molar-refractivity contribution in [2.75, 3.05) is 4.90 Å². The van der Waals surface area contributed by atoms with Crippen molar-refractivity contribution in [3.63, 3.8) is 0 Å². The van der Waals surface area contributed by atoms with E-state index in [1.165, 1.54) is 17.0 Å². The highest BCUT2D eigenvalue weighted by Crippen LogP contribution is 2.36. The van der Waals surface area contributed by atoms with Crippen molar-refractivity contribution in [2.24, 2.45) is 0 Å². The lowest BCUT2D eigenvalue weighted by molar-refractivity contribution is -0.133. The van der Waals surface area contributed by atoms with E-state index in [-0.39, 0.29) is 21.9 Å². The van der Waals surface area contributed by atoms with Gasteiger partial charge in [-0.05, 0) is 25.5 Å². The highest BCUT2D eigenvalue weighted by Gasteiger charge is 2.39. The summed E-state index contributed by atoms with van der Waals surface area (Å²) < 4.78 is 0. The molecule has 114 valence electrons. The molecule has 0 bridgehead atoms. The van der Waals surface area contributed by atoms with Gasteiger partial charge in [-0.15, -0.1) is 0 Å². The Hall–Kier alpha value is -0.970. The van der Waals surface area contributed by atoms with Crippen LogP contribution in [0.1, 0.15) is 26.7 Å². The highest BCUT2D eigenvalue weighted by molar-refractivity contribution is 6.44. The van der Waals surface area contributed by atoms with Crippen molar-refractivity contribution in [1.82, 2.24) is 5.32 Å². The maximum atomic E-state index is 12.6. The van der Waals surface area contributed by atoms with Crippen LogP contribution in [-0.4, -0.2) is 23.9 Å². The first kappa shape index (κ1) is 16.4. The van der Waals surface area contributed by atoms with Gasteiger partial charge in [-0.2, -0.15) is 0 Å². The SMILES string of the molecule is CCCC1NC(=O)C(C)N(c2cc(Cl)c(Cl)cc2Cl)C1=O. The Morgan fingerprint density at radius 3 is 2.38 bits per heavy atom. The van der Waals surface area contributed by atoms with Crippen LogP contribution >= 0.6 is 34.8 Å². The van der Waals surface area contributed by atoms with E-state index >= 15 is 0 Å². The van der Waals surface area contributed by atoms with Gasteiger partial charge in [0, 0.05) is 0 Å². The minimum atomic E-state index is -0.652. The lowest BCUT2D eigenvalue weighted by Crippen LogP contribution is -2.62. The number of carbonyl (C=O) groups is 2. The van der Waals surface area contributed by atoms with E-state index in [1.54, 1.807) is 6.92 Å². The van der Waals surface area contributed by atoms with E-state index < -0.39 is 12.1 Å². The molecule has 0 aliphatic carbocycles. The average molecular weight is 350 g/mol. The average Bonchev–Trinajstić information content (AvgIpc) is 2.42. The van der Waals surface area contributed by atoms with Crippen LogP contribution in [0.2, 0.25) is 15.1 Å². The minimum Gasteiger partial charge on any atom is -0.342 e. The predicted octanol–water partition coefficient (Wildman–Crippen LogP) is 3.67. The van der Waals surface area contributed by atoms with Gasteiger partial charge in [-0.3, -0.25) is 14.5 Å². The van der Waals surface area contributed by atoms with Gasteiger partial charge in [0.2, 0.25) is 11.8 Å². The van der Waals surface area contributed by atoms with Gasteiger partial charge in [0.1, 0.15) is 12.1 Å². The molecule has 1 aliphatic heterocycles. The fourth-order valence-corrected chi connectivity index (χ4v) is 2.97. The molecule has 2 amide bonds. The molecule has 1 fully saturated rings. The van der Waals surface area contributed by atoms with Crippen LogP contribution in [-0.2, 0) is 9.59 Å². The lowest BCUT2D eigenvalue weighted by atomic mass is 10.0. The van der Waals surface area contributed by atoms with E-state index in [1.807, 2.05) is 6.92 Å². The summed E-state index contributed by atoms with van der Waals surface area (Å²) in [5.41, 5.74) is 0.402. The molecule has 1 N–H and O–H groups in total. The molecule has 21 heavy (non-hydrogen) atoms. The maximum absolute atomic E-state index is 12.6. The molecule has 2 unspecified atom stereocenters. The van der Waals surface area contributed by atoms with Crippen LogP contribution in [0.3, 0.4) is 0 Å². The van der Waals surface area contributed by atoms with Crippen molar-refractivity contribution >= 4 is 52.3 Å². The monoisotopic (exact) mass is 348 g/mol. The fourth-order valence-electron chi connectivity index (χ4n) is 2.34. The van der Waals surface area contributed by atoms with Crippen molar-refractivity contribution in [1.29, 1.82) is 0 Å². The van der Waals surface area contributed by atoms with E-state index in [0.717, 1.165) is 6.42 Å². The second kappa shape index (κ2) is 6.42. The zero-order valence-electron chi connectivity index (χ0n) is 11.6. The number of rotatable bonds is 3. The summed E-state index contributed by atoms with van der Waals surface area (Å²) in [5.74, 6) is -0.403. The van der Waals surface area contributed by atoms with Gasteiger partial charge < -0.3 is 5.32 Å². The third-order valence-corrected chi connectivity index (χ3v) is 4.47. The molecule has 0 saturated carbocycles. The highest BCUT2D eigenvalue weighted by atomic mass is 35.5. The molecule has 0 spiro atoms. The fraction of sp³-hybridized carbons (Fsp3) is 0.429. The number of halogens is 3. The molecule has 7 heteroatoms. The molecular formula is C14H15Cl3N2O2. The van der Waals surface area contributed by atoms with Crippen LogP contribution in [0.25, 0.3) is 0 Å². The molecule has 2 rings (SSSR count).